The maximum atomic E-state index is 13.4. The highest BCUT2D eigenvalue weighted by atomic mass is 127. The van der Waals surface area contributed by atoms with E-state index in [0.717, 1.165) is 17.8 Å². The fourth-order valence-electron chi connectivity index (χ4n) is 4.20. The SMILES string of the molecule is O=C1NCCN1CC[n+]1ccc(-n2cc(-c3ccc(F)cc3)c3cc(C(F)(F)F)ccc32)cc1.[I-]. The lowest BCUT2D eigenvalue weighted by atomic mass is 10.0. The molecule has 2 aromatic carbocycles. The minimum atomic E-state index is -4.47. The molecule has 1 aliphatic rings. The number of carbonyl (C=O) groups is 1. The average Bonchev–Trinajstić information content (AvgIpc) is 3.41. The molecule has 3 heterocycles. The summed E-state index contributed by atoms with van der Waals surface area (Å²) in [5, 5.41) is 3.20. The maximum absolute atomic E-state index is 13.4. The van der Waals surface area contributed by atoms with Crippen LogP contribution in [0.2, 0.25) is 0 Å². The van der Waals surface area contributed by atoms with Crippen LogP contribution in [0.25, 0.3) is 27.7 Å². The van der Waals surface area contributed by atoms with E-state index in [1.165, 1.54) is 18.2 Å². The summed E-state index contributed by atoms with van der Waals surface area (Å²) in [5.74, 6) is -0.414. The molecule has 0 aliphatic carbocycles. The second kappa shape index (κ2) is 9.84. The summed E-state index contributed by atoms with van der Waals surface area (Å²) in [7, 11) is 0. The number of amides is 2. The normalized spacial score (nSPS) is 13.7. The molecule has 0 atom stereocenters. The topological polar surface area (TPSA) is 41.2 Å². The number of fused-ring (bicyclic) bond motifs is 1. The molecule has 1 N–H and O–H groups in total. The molecule has 5 rings (SSSR count). The summed E-state index contributed by atoms with van der Waals surface area (Å²) in [4.78, 5) is 13.4. The lowest BCUT2D eigenvalue weighted by Gasteiger charge is -2.11. The van der Waals surface area contributed by atoms with Gasteiger partial charge in [0.05, 0.1) is 23.3 Å². The number of nitrogens with zero attached hydrogens (tertiary/aromatic N) is 3. The Morgan fingerprint density at radius 1 is 1.00 bits per heavy atom. The number of carbonyl (C=O) groups excluding carboxylic acids is 1. The van der Waals surface area contributed by atoms with Gasteiger partial charge >= 0.3 is 12.2 Å². The van der Waals surface area contributed by atoms with Gasteiger partial charge in [0, 0.05) is 42.4 Å². The van der Waals surface area contributed by atoms with Crippen molar-refractivity contribution in [1.82, 2.24) is 14.8 Å². The summed E-state index contributed by atoms with van der Waals surface area (Å²) >= 11 is 0. The Balaban J connectivity index is 0.00000289. The third-order valence-electron chi connectivity index (χ3n) is 6.01. The van der Waals surface area contributed by atoms with E-state index in [-0.39, 0.29) is 30.0 Å². The molecule has 2 amide bonds. The first-order chi connectivity index (χ1) is 16.3. The van der Waals surface area contributed by atoms with Crippen LogP contribution >= 0.6 is 0 Å². The molecule has 1 fully saturated rings. The van der Waals surface area contributed by atoms with Gasteiger partial charge in [-0.3, -0.25) is 0 Å². The first kappa shape index (κ1) is 25.0. The van der Waals surface area contributed by atoms with Crippen LogP contribution in [-0.2, 0) is 12.7 Å². The number of rotatable bonds is 5. The van der Waals surface area contributed by atoms with Gasteiger partial charge in [-0.2, -0.15) is 13.2 Å². The Hall–Kier alpha value is -3.15. The van der Waals surface area contributed by atoms with Crippen LogP contribution in [0.4, 0.5) is 22.4 Å². The van der Waals surface area contributed by atoms with Crippen LogP contribution < -0.4 is 33.9 Å². The molecule has 0 saturated carbocycles. The van der Waals surface area contributed by atoms with Gasteiger partial charge in [0.15, 0.2) is 18.9 Å². The predicted octanol–water partition coefficient (Wildman–Crippen LogP) is 1.77. The zero-order valence-corrected chi connectivity index (χ0v) is 20.6. The van der Waals surface area contributed by atoms with E-state index in [1.807, 2.05) is 33.7 Å². The van der Waals surface area contributed by atoms with Crippen molar-refractivity contribution in [1.29, 1.82) is 0 Å². The summed E-state index contributed by atoms with van der Waals surface area (Å²) in [6.45, 7) is 2.53. The molecular formula is C25H21F4IN4O. The standard InChI is InChI=1S/C25H20F4N4O.HI/c26-19-4-1-17(2-5-19)22-16-33(23-6-3-18(15-21(22)23)25(27,28)29)20-7-10-31(11-8-20)13-14-32-12-9-30-24(32)34;/h1-8,10-11,15-16H,9,12-14H2;1H. The van der Waals surface area contributed by atoms with Gasteiger partial charge < -0.3 is 38.8 Å². The highest BCUT2D eigenvalue weighted by Crippen LogP contribution is 2.37. The molecule has 182 valence electrons. The minimum Gasteiger partial charge on any atom is -1.00 e. The van der Waals surface area contributed by atoms with Gasteiger partial charge in [-0.1, -0.05) is 12.1 Å². The van der Waals surface area contributed by atoms with Gasteiger partial charge in [0.2, 0.25) is 0 Å². The molecule has 4 aromatic rings. The third kappa shape index (κ3) is 5.12. The predicted molar refractivity (Wildman–Crippen MR) is 119 cm³/mol. The van der Waals surface area contributed by atoms with E-state index >= 15 is 0 Å². The monoisotopic (exact) mass is 596 g/mol. The van der Waals surface area contributed by atoms with Crippen LogP contribution in [0.3, 0.4) is 0 Å². The Kier molecular flexibility index (Phi) is 7.02. The van der Waals surface area contributed by atoms with Gasteiger partial charge in [-0.05, 0) is 35.9 Å². The number of halogens is 5. The van der Waals surface area contributed by atoms with Gasteiger partial charge in [0.1, 0.15) is 5.82 Å². The van der Waals surface area contributed by atoms with Crippen LogP contribution in [-0.4, -0.2) is 35.1 Å². The summed E-state index contributed by atoms with van der Waals surface area (Å²) in [6.07, 6.45) is 1.04. The smallest absolute Gasteiger partial charge is 0.416 e. The van der Waals surface area contributed by atoms with Crippen LogP contribution in [0, 0.1) is 5.82 Å². The molecule has 35 heavy (non-hydrogen) atoms. The first-order valence-corrected chi connectivity index (χ1v) is 10.8. The average molecular weight is 596 g/mol. The van der Waals surface area contributed by atoms with Crippen molar-refractivity contribution in [2.45, 2.75) is 12.7 Å². The maximum Gasteiger partial charge on any atom is 0.416 e. The zero-order valence-electron chi connectivity index (χ0n) is 18.4. The second-order valence-electron chi connectivity index (χ2n) is 8.16. The van der Waals surface area contributed by atoms with Crippen molar-refractivity contribution < 1.29 is 50.9 Å². The molecule has 1 saturated heterocycles. The molecule has 0 unspecified atom stereocenters. The largest absolute Gasteiger partial charge is 1.00 e. The molecular weight excluding hydrogens is 575 g/mol. The number of nitrogens with one attached hydrogen (secondary N) is 1. The van der Waals surface area contributed by atoms with Crippen LogP contribution in [0.1, 0.15) is 5.56 Å². The fourth-order valence-corrected chi connectivity index (χ4v) is 4.20. The minimum absolute atomic E-state index is 0. The van der Waals surface area contributed by atoms with Crippen molar-refractivity contribution in [3.05, 3.63) is 84.6 Å². The van der Waals surface area contributed by atoms with E-state index in [4.69, 9.17) is 0 Å². The third-order valence-corrected chi connectivity index (χ3v) is 6.01. The van der Waals surface area contributed by atoms with Crippen molar-refractivity contribution in [3.8, 4) is 16.8 Å². The summed E-state index contributed by atoms with van der Waals surface area (Å²) < 4.78 is 57.4. The van der Waals surface area contributed by atoms with Crippen molar-refractivity contribution in [2.24, 2.45) is 0 Å². The number of hydrogen-bond acceptors (Lipinski definition) is 1. The molecule has 2 aromatic heterocycles. The Morgan fingerprint density at radius 3 is 2.34 bits per heavy atom. The number of alkyl halides is 3. The van der Waals surface area contributed by atoms with E-state index in [1.54, 1.807) is 23.2 Å². The molecule has 5 nitrogen and oxygen atoms in total. The van der Waals surface area contributed by atoms with Crippen molar-refractivity contribution >= 4 is 16.9 Å². The Bertz CT molecular complexity index is 1350. The second-order valence-corrected chi connectivity index (χ2v) is 8.16. The molecule has 0 radical (unpaired) electrons. The molecule has 1 aliphatic heterocycles. The van der Waals surface area contributed by atoms with Gasteiger partial charge in [-0.25, -0.2) is 13.8 Å². The van der Waals surface area contributed by atoms with E-state index in [0.29, 0.717) is 48.2 Å². The highest BCUT2D eigenvalue weighted by molar-refractivity contribution is 5.97. The van der Waals surface area contributed by atoms with E-state index < -0.39 is 17.6 Å². The fraction of sp³-hybridized carbons (Fsp3) is 0.200. The number of pyridine rings is 1. The van der Waals surface area contributed by atoms with E-state index in [9.17, 15) is 22.4 Å². The van der Waals surface area contributed by atoms with Gasteiger partial charge in [0.25, 0.3) is 0 Å². The number of hydrogen-bond donors (Lipinski definition) is 1. The number of aromatic nitrogens is 2. The van der Waals surface area contributed by atoms with E-state index in [2.05, 4.69) is 5.32 Å². The summed E-state index contributed by atoms with van der Waals surface area (Å²) in [5.41, 5.74) is 1.85. The highest BCUT2D eigenvalue weighted by Gasteiger charge is 2.31. The summed E-state index contributed by atoms with van der Waals surface area (Å²) in [6, 6.07) is 13.0. The number of urea groups is 1. The first-order valence-electron chi connectivity index (χ1n) is 10.8. The lowest BCUT2D eigenvalue weighted by molar-refractivity contribution is -0.696. The Morgan fingerprint density at radius 2 is 1.71 bits per heavy atom. The van der Waals surface area contributed by atoms with Crippen LogP contribution in [0.5, 0.6) is 0 Å². The van der Waals surface area contributed by atoms with Crippen molar-refractivity contribution in [3.63, 3.8) is 0 Å². The van der Waals surface area contributed by atoms with Crippen molar-refractivity contribution in [2.75, 3.05) is 19.6 Å². The Labute approximate surface area is 216 Å². The molecule has 10 heteroatoms. The zero-order chi connectivity index (χ0) is 23.9. The quantitative estimate of drug-likeness (QED) is 0.213. The van der Waals surface area contributed by atoms with Gasteiger partial charge in [-0.15, -0.1) is 0 Å². The number of benzene rings is 2. The molecule has 0 bridgehead atoms. The lowest BCUT2D eigenvalue weighted by Crippen LogP contribution is -3.00. The van der Waals surface area contributed by atoms with Crippen LogP contribution in [0.15, 0.2) is 73.2 Å². The molecule has 0 spiro atoms.